The second kappa shape index (κ2) is 6.15. The number of nitrogens with zero attached hydrogens (tertiary/aromatic N) is 2. The summed E-state index contributed by atoms with van der Waals surface area (Å²) < 4.78 is 6.34. The van der Waals surface area contributed by atoms with Gasteiger partial charge in [-0.05, 0) is 37.1 Å². The molecule has 0 saturated heterocycles. The second-order valence-corrected chi connectivity index (χ2v) is 5.54. The van der Waals surface area contributed by atoms with Gasteiger partial charge in [0.15, 0.2) is 0 Å². The van der Waals surface area contributed by atoms with Gasteiger partial charge in [-0.25, -0.2) is 4.98 Å². The molecule has 0 fully saturated rings. The number of anilines is 1. The first-order valence-electron chi connectivity index (χ1n) is 6.56. The summed E-state index contributed by atoms with van der Waals surface area (Å²) in [5.74, 6) is 0.961. The molecule has 0 aliphatic carbocycles. The van der Waals surface area contributed by atoms with Crippen LogP contribution in [0.5, 0.6) is 5.75 Å². The Morgan fingerprint density at radius 1 is 1.43 bits per heavy atom. The molecule has 2 aromatic rings. The minimum atomic E-state index is 0.261. The molecule has 108 valence electrons. The van der Waals surface area contributed by atoms with E-state index in [9.17, 15) is 5.26 Å². The van der Waals surface area contributed by atoms with E-state index in [0.29, 0.717) is 11.3 Å². The molecule has 0 spiro atoms. The van der Waals surface area contributed by atoms with Crippen LogP contribution in [-0.2, 0) is 6.42 Å². The number of nitriles is 1. The van der Waals surface area contributed by atoms with Crippen LogP contribution in [0.25, 0.3) is 11.1 Å². The minimum Gasteiger partial charge on any atom is -0.496 e. The third kappa shape index (κ3) is 2.72. The molecular weight excluding hydrogens is 330 g/mol. The molecule has 2 N–H and O–H groups in total. The van der Waals surface area contributed by atoms with Crippen molar-refractivity contribution in [1.82, 2.24) is 4.98 Å². The summed E-state index contributed by atoms with van der Waals surface area (Å²) >= 11 is 3.46. The minimum absolute atomic E-state index is 0.261. The Hall–Kier alpha value is -2.06. The van der Waals surface area contributed by atoms with E-state index in [1.807, 2.05) is 32.0 Å². The Labute approximate surface area is 132 Å². The average Bonchev–Trinajstić information content (AvgIpc) is 2.48. The van der Waals surface area contributed by atoms with Crippen LogP contribution in [0, 0.1) is 18.3 Å². The van der Waals surface area contributed by atoms with Gasteiger partial charge in [0.2, 0.25) is 0 Å². The Morgan fingerprint density at radius 2 is 2.14 bits per heavy atom. The molecule has 0 radical (unpaired) electrons. The quantitative estimate of drug-likeness (QED) is 0.916. The molecule has 0 aliphatic heterocycles. The van der Waals surface area contributed by atoms with E-state index in [2.05, 4.69) is 27.0 Å². The maximum absolute atomic E-state index is 9.46. The third-order valence-corrected chi connectivity index (χ3v) is 3.94. The van der Waals surface area contributed by atoms with Crippen LogP contribution < -0.4 is 10.5 Å². The van der Waals surface area contributed by atoms with Crippen molar-refractivity contribution in [2.45, 2.75) is 20.3 Å². The van der Waals surface area contributed by atoms with Crippen molar-refractivity contribution >= 4 is 21.7 Å². The number of nitrogen functional groups attached to an aromatic ring is 1. The molecule has 0 bridgehead atoms. The predicted molar refractivity (Wildman–Crippen MR) is 87.2 cm³/mol. The van der Waals surface area contributed by atoms with Crippen LogP contribution in [0.2, 0.25) is 0 Å². The normalized spacial score (nSPS) is 10.2. The number of hydrogen-bond acceptors (Lipinski definition) is 4. The fourth-order valence-electron chi connectivity index (χ4n) is 2.41. The molecule has 0 aliphatic rings. The van der Waals surface area contributed by atoms with E-state index in [-0.39, 0.29) is 5.82 Å². The van der Waals surface area contributed by atoms with E-state index in [1.165, 1.54) is 0 Å². The lowest BCUT2D eigenvalue weighted by Gasteiger charge is -2.16. The number of methoxy groups -OCH3 is 1. The molecule has 21 heavy (non-hydrogen) atoms. The van der Waals surface area contributed by atoms with Crippen LogP contribution in [0.15, 0.2) is 22.7 Å². The molecule has 1 heterocycles. The Balaban J connectivity index is 2.89. The largest absolute Gasteiger partial charge is 0.496 e. The molecule has 0 amide bonds. The van der Waals surface area contributed by atoms with Gasteiger partial charge in [0, 0.05) is 21.3 Å². The first kappa shape index (κ1) is 15.3. The van der Waals surface area contributed by atoms with Gasteiger partial charge in [0.25, 0.3) is 0 Å². The maximum atomic E-state index is 9.46. The van der Waals surface area contributed by atoms with E-state index >= 15 is 0 Å². The molecule has 1 aromatic carbocycles. The summed E-state index contributed by atoms with van der Waals surface area (Å²) in [7, 11) is 1.61. The lowest BCUT2D eigenvalue weighted by molar-refractivity contribution is 0.416. The van der Waals surface area contributed by atoms with Crippen molar-refractivity contribution in [2.24, 2.45) is 0 Å². The molecule has 5 heteroatoms. The first-order valence-corrected chi connectivity index (χ1v) is 7.35. The third-order valence-electron chi connectivity index (χ3n) is 3.45. The van der Waals surface area contributed by atoms with Crippen LogP contribution >= 0.6 is 15.9 Å². The highest BCUT2D eigenvalue weighted by Gasteiger charge is 2.19. The van der Waals surface area contributed by atoms with Gasteiger partial charge in [-0.15, -0.1) is 0 Å². The summed E-state index contributed by atoms with van der Waals surface area (Å²) in [4.78, 5) is 4.33. The van der Waals surface area contributed by atoms with Crippen LogP contribution in [-0.4, -0.2) is 12.1 Å². The lowest BCUT2D eigenvalue weighted by Crippen LogP contribution is -2.05. The van der Waals surface area contributed by atoms with Gasteiger partial charge in [-0.2, -0.15) is 5.26 Å². The van der Waals surface area contributed by atoms with Crippen molar-refractivity contribution in [3.8, 4) is 22.9 Å². The number of ether oxygens (including phenoxy) is 1. The summed E-state index contributed by atoms with van der Waals surface area (Å²) in [6, 6.07) is 7.86. The highest BCUT2D eigenvalue weighted by molar-refractivity contribution is 9.10. The van der Waals surface area contributed by atoms with Gasteiger partial charge < -0.3 is 10.5 Å². The molecule has 0 unspecified atom stereocenters. The van der Waals surface area contributed by atoms with Crippen LogP contribution in [0.1, 0.15) is 23.7 Å². The number of nitrogens with two attached hydrogens (primary N) is 1. The van der Waals surface area contributed by atoms with Crippen molar-refractivity contribution < 1.29 is 4.74 Å². The van der Waals surface area contributed by atoms with Gasteiger partial charge >= 0.3 is 0 Å². The fourth-order valence-corrected chi connectivity index (χ4v) is 2.78. The zero-order valence-electron chi connectivity index (χ0n) is 12.2. The first-order chi connectivity index (χ1) is 10.0. The molecule has 4 nitrogen and oxygen atoms in total. The van der Waals surface area contributed by atoms with Crippen molar-refractivity contribution in [2.75, 3.05) is 12.8 Å². The highest BCUT2D eigenvalue weighted by Crippen LogP contribution is 2.38. The zero-order valence-corrected chi connectivity index (χ0v) is 13.8. The molecule has 1 aromatic heterocycles. The topological polar surface area (TPSA) is 71.9 Å². The molecule has 2 rings (SSSR count). The average molecular weight is 346 g/mol. The van der Waals surface area contributed by atoms with Crippen LogP contribution in [0.4, 0.5) is 5.82 Å². The molecular formula is C16H16BrN3O. The Morgan fingerprint density at radius 3 is 2.71 bits per heavy atom. The number of aromatic nitrogens is 1. The van der Waals surface area contributed by atoms with E-state index in [1.54, 1.807) is 7.11 Å². The zero-order chi connectivity index (χ0) is 15.6. The number of pyridine rings is 1. The van der Waals surface area contributed by atoms with Crippen molar-refractivity contribution in [1.29, 1.82) is 5.26 Å². The van der Waals surface area contributed by atoms with Crippen molar-refractivity contribution in [3.63, 3.8) is 0 Å². The summed E-state index contributed by atoms with van der Waals surface area (Å²) in [5, 5.41) is 9.46. The standard InChI is InChI=1S/C16H16BrN3O/c1-4-13-9(2)15(12(8-18)16(19)20-13)11-7-10(17)5-6-14(11)21-3/h5-7H,4H2,1-3H3,(H2,19,20). The smallest absolute Gasteiger partial charge is 0.142 e. The number of aryl methyl sites for hydroxylation is 1. The second-order valence-electron chi connectivity index (χ2n) is 4.63. The van der Waals surface area contributed by atoms with E-state index < -0.39 is 0 Å². The Kier molecular flexibility index (Phi) is 4.49. The lowest BCUT2D eigenvalue weighted by atomic mass is 9.93. The number of halogens is 1. The van der Waals surface area contributed by atoms with Gasteiger partial charge in [0.05, 0.1) is 7.11 Å². The molecule has 0 atom stereocenters. The van der Waals surface area contributed by atoms with Gasteiger partial charge in [-0.1, -0.05) is 22.9 Å². The SMILES string of the molecule is CCc1nc(N)c(C#N)c(-c2cc(Br)ccc2OC)c1C. The molecule has 0 saturated carbocycles. The number of rotatable bonds is 3. The maximum Gasteiger partial charge on any atom is 0.142 e. The van der Waals surface area contributed by atoms with Gasteiger partial charge in [0.1, 0.15) is 23.2 Å². The summed E-state index contributed by atoms with van der Waals surface area (Å²) in [6.07, 6.45) is 0.755. The summed E-state index contributed by atoms with van der Waals surface area (Å²) in [6.45, 7) is 3.98. The predicted octanol–water partition coefficient (Wildman–Crippen LogP) is 3.84. The van der Waals surface area contributed by atoms with E-state index in [0.717, 1.165) is 33.3 Å². The number of hydrogen-bond donors (Lipinski definition) is 1. The fraction of sp³-hybridized carbons (Fsp3) is 0.250. The highest BCUT2D eigenvalue weighted by atomic mass is 79.9. The summed E-state index contributed by atoms with van der Waals surface area (Å²) in [5.41, 5.74) is 9.83. The monoisotopic (exact) mass is 345 g/mol. The van der Waals surface area contributed by atoms with E-state index in [4.69, 9.17) is 10.5 Å². The van der Waals surface area contributed by atoms with Gasteiger partial charge in [-0.3, -0.25) is 0 Å². The Bertz CT molecular complexity index is 735. The van der Waals surface area contributed by atoms with Crippen molar-refractivity contribution in [3.05, 3.63) is 39.5 Å². The van der Waals surface area contributed by atoms with Crippen LogP contribution in [0.3, 0.4) is 0 Å². The number of benzene rings is 1.